The summed E-state index contributed by atoms with van der Waals surface area (Å²) in [5, 5.41) is 2.90. The standard InChI is InChI=1S/C25H34N2O6/c1-6-7-12-26-25(29)18(2)27(16-19-8-10-20(30-3)11-9-19)24(28)17-33-23-14-21(31-4)13-22(15-23)32-5/h8-11,13-15,18H,6-7,12,16-17H2,1-5H3,(H,26,29). The number of ether oxygens (including phenoxy) is 4. The predicted molar refractivity (Wildman–Crippen MR) is 126 cm³/mol. The van der Waals surface area contributed by atoms with Crippen LogP contribution in [-0.2, 0) is 16.1 Å². The highest BCUT2D eigenvalue weighted by molar-refractivity contribution is 5.88. The Bertz CT molecular complexity index is 878. The highest BCUT2D eigenvalue weighted by Crippen LogP contribution is 2.27. The summed E-state index contributed by atoms with van der Waals surface area (Å²) in [6.45, 7) is 4.37. The molecule has 8 heteroatoms. The number of hydrogen-bond donors (Lipinski definition) is 1. The van der Waals surface area contributed by atoms with Gasteiger partial charge in [0.2, 0.25) is 5.91 Å². The Labute approximate surface area is 195 Å². The number of hydrogen-bond acceptors (Lipinski definition) is 6. The van der Waals surface area contributed by atoms with Gasteiger partial charge in [-0.3, -0.25) is 9.59 Å². The summed E-state index contributed by atoms with van der Waals surface area (Å²) in [6.07, 6.45) is 1.85. The molecule has 0 radical (unpaired) electrons. The van der Waals surface area contributed by atoms with E-state index in [9.17, 15) is 9.59 Å². The van der Waals surface area contributed by atoms with Crippen molar-refractivity contribution in [3.05, 3.63) is 48.0 Å². The largest absolute Gasteiger partial charge is 0.497 e. The van der Waals surface area contributed by atoms with Crippen molar-refractivity contribution in [1.82, 2.24) is 10.2 Å². The quantitative estimate of drug-likeness (QED) is 0.463. The molecule has 2 aromatic rings. The van der Waals surface area contributed by atoms with E-state index in [1.807, 2.05) is 24.3 Å². The van der Waals surface area contributed by atoms with Crippen LogP contribution in [0.1, 0.15) is 32.3 Å². The summed E-state index contributed by atoms with van der Waals surface area (Å²) in [7, 11) is 4.68. The van der Waals surface area contributed by atoms with E-state index in [-0.39, 0.29) is 25.0 Å². The molecule has 33 heavy (non-hydrogen) atoms. The van der Waals surface area contributed by atoms with Crippen LogP contribution in [0.25, 0.3) is 0 Å². The zero-order valence-electron chi connectivity index (χ0n) is 20.1. The molecule has 0 fully saturated rings. The molecule has 0 bridgehead atoms. The van der Waals surface area contributed by atoms with Crippen LogP contribution in [0.5, 0.6) is 23.0 Å². The maximum atomic E-state index is 13.2. The Morgan fingerprint density at radius 1 is 0.909 bits per heavy atom. The molecule has 0 aliphatic rings. The fourth-order valence-electron chi connectivity index (χ4n) is 3.14. The van der Waals surface area contributed by atoms with E-state index in [1.165, 1.54) is 4.90 Å². The first-order valence-electron chi connectivity index (χ1n) is 11.0. The molecule has 0 aliphatic carbocycles. The number of rotatable bonds is 13. The van der Waals surface area contributed by atoms with E-state index in [4.69, 9.17) is 18.9 Å². The van der Waals surface area contributed by atoms with Gasteiger partial charge in [-0.25, -0.2) is 0 Å². The average molecular weight is 459 g/mol. The Kier molecular flexibility index (Phi) is 10.3. The lowest BCUT2D eigenvalue weighted by Gasteiger charge is -2.29. The molecule has 180 valence electrons. The second-order valence-electron chi connectivity index (χ2n) is 7.53. The molecule has 0 saturated heterocycles. The molecular formula is C25H34N2O6. The number of nitrogens with one attached hydrogen (secondary N) is 1. The number of amides is 2. The molecule has 2 amide bonds. The molecular weight excluding hydrogens is 424 g/mol. The van der Waals surface area contributed by atoms with E-state index < -0.39 is 6.04 Å². The van der Waals surface area contributed by atoms with Gasteiger partial charge in [-0.05, 0) is 31.0 Å². The van der Waals surface area contributed by atoms with Gasteiger partial charge in [0.15, 0.2) is 6.61 Å². The number of carbonyl (C=O) groups is 2. The van der Waals surface area contributed by atoms with Gasteiger partial charge in [-0.15, -0.1) is 0 Å². The fraction of sp³-hybridized carbons (Fsp3) is 0.440. The zero-order valence-corrected chi connectivity index (χ0v) is 20.1. The molecule has 0 heterocycles. The summed E-state index contributed by atoms with van der Waals surface area (Å²) in [5.41, 5.74) is 0.875. The molecule has 0 aromatic heterocycles. The van der Waals surface area contributed by atoms with Crippen LogP contribution in [0.15, 0.2) is 42.5 Å². The van der Waals surface area contributed by atoms with Gasteiger partial charge in [0.25, 0.3) is 5.91 Å². The number of carbonyl (C=O) groups excluding carboxylic acids is 2. The van der Waals surface area contributed by atoms with Gasteiger partial charge in [0.1, 0.15) is 29.0 Å². The van der Waals surface area contributed by atoms with Gasteiger partial charge in [0.05, 0.1) is 21.3 Å². The van der Waals surface area contributed by atoms with Crippen molar-refractivity contribution in [2.45, 2.75) is 39.3 Å². The fourth-order valence-corrected chi connectivity index (χ4v) is 3.14. The lowest BCUT2D eigenvalue weighted by atomic mass is 10.1. The van der Waals surface area contributed by atoms with Gasteiger partial charge in [-0.1, -0.05) is 25.5 Å². The Hall–Kier alpha value is -3.42. The van der Waals surface area contributed by atoms with Crippen molar-refractivity contribution >= 4 is 11.8 Å². The van der Waals surface area contributed by atoms with Crippen LogP contribution < -0.4 is 24.3 Å². The van der Waals surface area contributed by atoms with Crippen molar-refractivity contribution in [3.63, 3.8) is 0 Å². The van der Waals surface area contributed by atoms with Crippen molar-refractivity contribution in [1.29, 1.82) is 0 Å². The van der Waals surface area contributed by atoms with Crippen LogP contribution in [-0.4, -0.2) is 57.2 Å². The SMILES string of the molecule is CCCCNC(=O)C(C)N(Cc1ccc(OC)cc1)C(=O)COc1cc(OC)cc(OC)c1. The number of unbranched alkanes of at least 4 members (excludes halogenated alkanes) is 1. The molecule has 1 atom stereocenters. The van der Waals surface area contributed by atoms with Gasteiger partial charge in [0, 0.05) is 31.3 Å². The first kappa shape index (κ1) is 25.8. The van der Waals surface area contributed by atoms with Crippen LogP contribution in [0.2, 0.25) is 0 Å². The minimum Gasteiger partial charge on any atom is -0.497 e. The zero-order chi connectivity index (χ0) is 24.2. The highest BCUT2D eigenvalue weighted by atomic mass is 16.5. The van der Waals surface area contributed by atoms with E-state index in [2.05, 4.69) is 12.2 Å². The molecule has 0 spiro atoms. The molecule has 0 saturated carbocycles. The van der Waals surface area contributed by atoms with E-state index >= 15 is 0 Å². The van der Waals surface area contributed by atoms with E-state index in [1.54, 1.807) is 46.5 Å². The first-order valence-corrected chi connectivity index (χ1v) is 11.0. The summed E-state index contributed by atoms with van der Waals surface area (Å²) < 4.78 is 21.4. The smallest absolute Gasteiger partial charge is 0.261 e. The van der Waals surface area contributed by atoms with Crippen molar-refractivity contribution in [2.75, 3.05) is 34.5 Å². The van der Waals surface area contributed by atoms with Crippen molar-refractivity contribution in [3.8, 4) is 23.0 Å². The Morgan fingerprint density at radius 3 is 2.03 bits per heavy atom. The van der Waals surface area contributed by atoms with Crippen molar-refractivity contribution < 1.29 is 28.5 Å². The molecule has 0 aliphatic heterocycles. The average Bonchev–Trinajstić information content (AvgIpc) is 2.85. The second-order valence-corrected chi connectivity index (χ2v) is 7.53. The molecule has 2 rings (SSSR count). The van der Waals surface area contributed by atoms with Gasteiger partial charge in [-0.2, -0.15) is 0 Å². The lowest BCUT2D eigenvalue weighted by Crippen LogP contribution is -2.49. The topological polar surface area (TPSA) is 86.3 Å². The highest BCUT2D eigenvalue weighted by Gasteiger charge is 2.26. The Morgan fingerprint density at radius 2 is 1.48 bits per heavy atom. The normalized spacial score (nSPS) is 11.3. The molecule has 8 nitrogen and oxygen atoms in total. The summed E-state index contributed by atoms with van der Waals surface area (Å²) in [5.74, 6) is 1.74. The number of methoxy groups -OCH3 is 3. The maximum absolute atomic E-state index is 13.2. The minimum absolute atomic E-state index is 0.201. The van der Waals surface area contributed by atoms with Crippen molar-refractivity contribution in [2.24, 2.45) is 0 Å². The second kappa shape index (κ2) is 13.2. The molecule has 1 unspecified atom stereocenters. The third kappa shape index (κ3) is 7.89. The van der Waals surface area contributed by atoms with Gasteiger partial charge < -0.3 is 29.2 Å². The third-order valence-corrected chi connectivity index (χ3v) is 5.20. The predicted octanol–water partition coefficient (Wildman–Crippen LogP) is 3.42. The van der Waals surface area contributed by atoms with Crippen LogP contribution >= 0.6 is 0 Å². The maximum Gasteiger partial charge on any atom is 0.261 e. The summed E-state index contributed by atoms with van der Waals surface area (Å²) in [6, 6.07) is 11.8. The third-order valence-electron chi connectivity index (χ3n) is 5.20. The number of nitrogens with zero attached hydrogens (tertiary/aromatic N) is 1. The monoisotopic (exact) mass is 458 g/mol. The summed E-state index contributed by atoms with van der Waals surface area (Å²) >= 11 is 0. The van der Waals surface area contributed by atoms with Gasteiger partial charge >= 0.3 is 0 Å². The van der Waals surface area contributed by atoms with Crippen LogP contribution in [0, 0.1) is 0 Å². The van der Waals surface area contributed by atoms with Crippen LogP contribution in [0.3, 0.4) is 0 Å². The lowest BCUT2D eigenvalue weighted by molar-refractivity contribution is -0.142. The van der Waals surface area contributed by atoms with E-state index in [0.717, 1.165) is 24.2 Å². The molecule has 1 N–H and O–H groups in total. The molecule has 2 aromatic carbocycles. The van der Waals surface area contributed by atoms with E-state index in [0.29, 0.717) is 23.8 Å². The Balaban J connectivity index is 2.16. The number of benzene rings is 2. The summed E-state index contributed by atoms with van der Waals surface area (Å²) in [4.78, 5) is 27.4. The van der Waals surface area contributed by atoms with Crippen LogP contribution in [0.4, 0.5) is 0 Å². The minimum atomic E-state index is -0.667. The first-order chi connectivity index (χ1) is 15.9.